The molecule has 6 heteroatoms. The highest BCUT2D eigenvalue weighted by Gasteiger charge is 1.99. The fourth-order valence-electron chi connectivity index (χ4n) is 1.12. The molecular formula is C8H12O4P2. The summed E-state index contributed by atoms with van der Waals surface area (Å²) in [5, 5.41) is 0. The van der Waals surface area contributed by atoms with Gasteiger partial charge in [0.15, 0.2) is 16.1 Å². The van der Waals surface area contributed by atoms with Gasteiger partial charge in [0.05, 0.1) is 0 Å². The van der Waals surface area contributed by atoms with E-state index in [9.17, 15) is 9.13 Å². The maximum absolute atomic E-state index is 10.5. The first-order valence-corrected chi connectivity index (χ1v) is 7.22. The molecule has 78 valence electrons. The molecule has 14 heavy (non-hydrogen) atoms. The molecule has 0 radical (unpaired) electrons. The first-order valence-electron chi connectivity index (χ1n) is 4.09. The molecule has 0 aliphatic carbocycles. The zero-order valence-electron chi connectivity index (χ0n) is 7.43. The van der Waals surface area contributed by atoms with Gasteiger partial charge < -0.3 is 9.79 Å². The molecule has 1 aromatic carbocycles. The van der Waals surface area contributed by atoms with Crippen LogP contribution in [0, 0.1) is 0 Å². The quantitative estimate of drug-likeness (QED) is 0.776. The average Bonchev–Trinajstić information content (AvgIpc) is 2.06. The van der Waals surface area contributed by atoms with Crippen molar-refractivity contribution in [2.24, 2.45) is 0 Å². The van der Waals surface area contributed by atoms with Crippen molar-refractivity contribution in [3.05, 3.63) is 35.4 Å². The van der Waals surface area contributed by atoms with Crippen molar-refractivity contribution in [1.29, 1.82) is 0 Å². The Labute approximate surface area is 83.3 Å². The molecule has 0 spiro atoms. The summed E-state index contributed by atoms with van der Waals surface area (Å²) in [7, 11) is -4.95. The highest BCUT2D eigenvalue weighted by Crippen LogP contribution is 2.24. The molecule has 0 aromatic heterocycles. The van der Waals surface area contributed by atoms with Gasteiger partial charge in [-0.15, -0.1) is 0 Å². The summed E-state index contributed by atoms with van der Waals surface area (Å²) < 4.78 is 21.1. The fraction of sp³-hybridized carbons (Fsp3) is 0.250. The molecule has 1 aromatic rings. The molecule has 0 heterocycles. The number of rotatable bonds is 4. The molecule has 1 rings (SSSR count). The maximum Gasteiger partial charge on any atom is 0.193 e. The standard InChI is InChI=1S/C8H12O4P2/c9-13(10)5-7-1-2-8(4-3-7)6-14(11)12/h1-4,13-14H,5-6H2,(H,9,10)(H,11,12). The van der Waals surface area contributed by atoms with Gasteiger partial charge in [-0.3, -0.25) is 9.13 Å². The van der Waals surface area contributed by atoms with E-state index in [-0.39, 0.29) is 12.3 Å². The minimum absolute atomic E-state index is 0.166. The molecule has 2 N–H and O–H groups in total. The van der Waals surface area contributed by atoms with Crippen LogP contribution in [-0.4, -0.2) is 9.79 Å². The van der Waals surface area contributed by atoms with Crippen LogP contribution in [-0.2, 0) is 21.5 Å². The minimum Gasteiger partial charge on any atom is -0.346 e. The molecule has 2 atom stereocenters. The maximum atomic E-state index is 10.5. The summed E-state index contributed by atoms with van der Waals surface area (Å²) in [6, 6.07) is 6.83. The second-order valence-electron chi connectivity index (χ2n) is 2.96. The molecule has 0 bridgehead atoms. The molecule has 0 aliphatic heterocycles. The molecular weight excluding hydrogens is 222 g/mol. The Balaban J connectivity index is 2.68. The summed E-state index contributed by atoms with van der Waals surface area (Å²) >= 11 is 0. The Morgan fingerprint density at radius 1 is 0.857 bits per heavy atom. The molecule has 2 unspecified atom stereocenters. The normalized spacial score (nSPS) is 15.0. The lowest BCUT2D eigenvalue weighted by molar-refractivity contribution is 0.500. The Morgan fingerprint density at radius 2 is 1.14 bits per heavy atom. The number of benzene rings is 1. The van der Waals surface area contributed by atoms with Crippen LogP contribution in [0.3, 0.4) is 0 Å². The molecule has 0 aliphatic rings. The fourth-order valence-corrected chi connectivity index (χ4v) is 2.29. The molecule has 4 nitrogen and oxygen atoms in total. The number of hydrogen-bond acceptors (Lipinski definition) is 2. The monoisotopic (exact) mass is 234 g/mol. The zero-order chi connectivity index (χ0) is 10.6. The van der Waals surface area contributed by atoms with Gasteiger partial charge in [0.2, 0.25) is 0 Å². The Hall–Kier alpha value is -0.400. The van der Waals surface area contributed by atoms with Crippen molar-refractivity contribution < 1.29 is 18.9 Å². The highest BCUT2D eigenvalue weighted by atomic mass is 31.1. The largest absolute Gasteiger partial charge is 0.346 e. The van der Waals surface area contributed by atoms with Crippen molar-refractivity contribution >= 4 is 16.1 Å². The van der Waals surface area contributed by atoms with Gasteiger partial charge in [0.1, 0.15) is 0 Å². The lowest BCUT2D eigenvalue weighted by atomic mass is 10.2. The molecule has 0 saturated heterocycles. The summed E-state index contributed by atoms with van der Waals surface area (Å²) in [5.41, 5.74) is 1.55. The smallest absolute Gasteiger partial charge is 0.193 e. The summed E-state index contributed by atoms with van der Waals surface area (Å²) in [6.07, 6.45) is 0.332. The van der Waals surface area contributed by atoms with Gasteiger partial charge >= 0.3 is 0 Å². The third kappa shape index (κ3) is 4.21. The Bertz CT molecular complexity index is 312. The summed E-state index contributed by atoms with van der Waals surface area (Å²) in [6.45, 7) is 0. The van der Waals surface area contributed by atoms with Crippen LogP contribution in [0.1, 0.15) is 11.1 Å². The Kier molecular flexibility index (Phi) is 4.56. The zero-order valence-corrected chi connectivity index (χ0v) is 9.43. The summed E-state index contributed by atoms with van der Waals surface area (Å²) in [5.74, 6) is 0. The topological polar surface area (TPSA) is 74.6 Å². The summed E-state index contributed by atoms with van der Waals surface area (Å²) in [4.78, 5) is 17.4. The van der Waals surface area contributed by atoms with Crippen LogP contribution in [0.5, 0.6) is 0 Å². The van der Waals surface area contributed by atoms with Crippen LogP contribution < -0.4 is 0 Å². The molecule has 0 amide bonds. The van der Waals surface area contributed by atoms with Crippen molar-refractivity contribution in [3.63, 3.8) is 0 Å². The van der Waals surface area contributed by atoms with Gasteiger partial charge in [-0.1, -0.05) is 24.3 Å². The van der Waals surface area contributed by atoms with Gasteiger partial charge in [-0.25, -0.2) is 0 Å². The van der Waals surface area contributed by atoms with E-state index in [2.05, 4.69) is 0 Å². The van der Waals surface area contributed by atoms with E-state index in [1.165, 1.54) is 0 Å². The van der Waals surface area contributed by atoms with E-state index in [1.807, 2.05) is 0 Å². The number of hydrogen-bond donors (Lipinski definition) is 2. The van der Waals surface area contributed by atoms with Gasteiger partial charge in [-0.05, 0) is 11.1 Å². The first kappa shape index (κ1) is 11.7. The van der Waals surface area contributed by atoms with E-state index in [1.54, 1.807) is 24.3 Å². The SMILES string of the molecule is O=[PH](O)Cc1ccc(C[PH](=O)O)cc1. The second-order valence-corrected chi connectivity index (χ2v) is 5.24. The third-order valence-corrected chi connectivity index (χ3v) is 3.16. The van der Waals surface area contributed by atoms with Gasteiger partial charge in [0.25, 0.3) is 0 Å². The van der Waals surface area contributed by atoms with Crippen molar-refractivity contribution in [2.45, 2.75) is 12.3 Å². The second kappa shape index (κ2) is 5.47. The first-order chi connectivity index (χ1) is 6.58. The van der Waals surface area contributed by atoms with E-state index < -0.39 is 16.1 Å². The van der Waals surface area contributed by atoms with Crippen LogP contribution in [0.2, 0.25) is 0 Å². The lowest BCUT2D eigenvalue weighted by Crippen LogP contribution is -1.83. The highest BCUT2D eigenvalue weighted by molar-refractivity contribution is 7.37. The third-order valence-electron chi connectivity index (χ3n) is 1.73. The van der Waals surface area contributed by atoms with Gasteiger partial charge in [0, 0.05) is 12.3 Å². The van der Waals surface area contributed by atoms with E-state index in [0.717, 1.165) is 11.1 Å². The van der Waals surface area contributed by atoms with Gasteiger partial charge in [-0.2, -0.15) is 0 Å². The average molecular weight is 234 g/mol. The minimum atomic E-state index is -2.48. The molecule has 0 saturated carbocycles. The van der Waals surface area contributed by atoms with Crippen LogP contribution >= 0.6 is 16.1 Å². The Morgan fingerprint density at radius 3 is 1.36 bits per heavy atom. The van der Waals surface area contributed by atoms with Crippen molar-refractivity contribution in [2.75, 3.05) is 0 Å². The van der Waals surface area contributed by atoms with E-state index >= 15 is 0 Å². The lowest BCUT2D eigenvalue weighted by Gasteiger charge is -2.00. The predicted molar refractivity (Wildman–Crippen MR) is 56.3 cm³/mol. The van der Waals surface area contributed by atoms with Crippen LogP contribution in [0.15, 0.2) is 24.3 Å². The van der Waals surface area contributed by atoms with Crippen molar-refractivity contribution in [3.8, 4) is 0 Å². The molecule has 0 fully saturated rings. The van der Waals surface area contributed by atoms with Crippen LogP contribution in [0.25, 0.3) is 0 Å². The predicted octanol–water partition coefficient (Wildman–Crippen LogP) is 1.62. The van der Waals surface area contributed by atoms with E-state index in [0.29, 0.717) is 0 Å². The van der Waals surface area contributed by atoms with Crippen molar-refractivity contribution in [1.82, 2.24) is 0 Å². The van der Waals surface area contributed by atoms with Crippen LogP contribution in [0.4, 0.5) is 0 Å². The van der Waals surface area contributed by atoms with E-state index in [4.69, 9.17) is 9.79 Å².